The number of hydrogen-bond donors (Lipinski definition) is 1. The average molecular weight is 180 g/mol. The summed E-state index contributed by atoms with van der Waals surface area (Å²) < 4.78 is 0. The van der Waals surface area contributed by atoms with Crippen molar-refractivity contribution in [3.63, 3.8) is 0 Å². The van der Waals surface area contributed by atoms with Crippen LogP contribution >= 0.6 is 0 Å². The molecule has 2 saturated carbocycles. The Kier molecular flexibility index (Phi) is 1.76. The summed E-state index contributed by atoms with van der Waals surface area (Å²) in [6.45, 7) is 4.10. The van der Waals surface area contributed by atoms with Crippen LogP contribution in [-0.2, 0) is 4.79 Å². The van der Waals surface area contributed by atoms with Crippen LogP contribution in [0.2, 0.25) is 0 Å². The molecule has 2 atom stereocenters. The van der Waals surface area contributed by atoms with Gasteiger partial charge in [-0.2, -0.15) is 0 Å². The number of allylic oxidation sites excluding steroid dienone is 2. The molecule has 0 aromatic rings. The van der Waals surface area contributed by atoms with Crippen LogP contribution in [0, 0.1) is 17.3 Å². The van der Waals surface area contributed by atoms with Gasteiger partial charge < -0.3 is 5.11 Å². The first-order valence-corrected chi connectivity index (χ1v) is 4.96. The second-order valence-corrected chi connectivity index (χ2v) is 4.84. The van der Waals surface area contributed by atoms with Gasteiger partial charge in [0.1, 0.15) is 0 Å². The van der Waals surface area contributed by atoms with E-state index in [1.54, 1.807) is 0 Å². The van der Waals surface area contributed by atoms with Gasteiger partial charge in [0.25, 0.3) is 0 Å². The van der Waals surface area contributed by atoms with Crippen molar-refractivity contribution >= 4 is 5.97 Å². The van der Waals surface area contributed by atoms with E-state index in [9.17, 15) is 4.79 Å². The zero-order chi connectivity index (χ0) is 9.64. The van der Waals surface area contributed by atoms with E-state index in [1.807, 2.05) is 13.8 Å². The third-order valence-electron chi connectivity index (χ3n) is 3.59. The lowest BCUT2D eigenvalue weighted by molar-refractivity contribution is -0.139. The summed E-state index contributed by atoms with van der Waals surface area (Å²) in [5.74, 6) is -0.480. The largest absolute Gasteiger partial charge is 0.481 e. The summed E-state index contributed by atoms with van der Waals surface area (Å²) in [6, 6.07) is 0. The molecule has 13 heavy (non-hydrogen) atoms. The Labute approximate surface area is 78.6 Å². The molecule has 2 rings (SSSR count). The van der Waals surface area contributed by atoms with E-state index in [0.717, 1.165) is 0 Å². The second kappa shape index (κ2) is 2.60. The highest BCUT2D eigenvalue weighted by Crippen LogP contribution is 2.59. The molecule has 1 N–H and O–H groups in total. The number of carbonyl (C=O) groups is 1. The molecule has 0 radical (unpaired) electrons. The summed E-state index contributed by atoms with van der Waals surface area (Å²) in [5.41, 5.74) is 1.47. The number of aliphatic carboxylic acids is 1. The molecule has 2 aliphatic rings. The highest BCUT2D eigenvalue weighted by molar-refractivity contribution is 5.76. The van der Waals surface area contributed by atoms with Crippen LogP contribution in [0.1, 0.15) is 33.1 Å². The fourth-order valence-electron chi connectivity index (χ4n) is 2.26. The van der Waals surface area contributed by atoms with Crippen molar-refractivity contribution in [2.24, 2.45) is 17.3 Å². The lowest BCUT2D eigenvalue weighted by Crippen LogP contribution is -2.03. The minimum absolute atomic E-state index is 0.00553. The van der Waals surface area contributed by atoms with Crippen molar-refractivity contribution in [3.05, 3.63) is 11.6 Å². The van der Waals surface area contributed by atoms with Gasteiger partial charge in [0.15, 0.2) is 0 Å². The van der Waals surface area contributed by atoms with Crippen LogP contribution in [0.5, 0.6) is 0 Å². The maximum Gasteiger partial charge on any atom is 0.307 e. The Hall–Kier alpha value is -0.790. The molecule has 0 heterocycles. The number of hydrogen-bond acceptors (Lipinski definition) is 1. The zero-order valence-corrected chi connectivity index (χ0v) is 8.21. The molecule has 0 spiro atoms. The highest BCUT2D eigenvalue weighted by atomic mass is 16.4. The lowest BCUT2D eigenvalue weighted by atomic mass is 9.90. The van der Waals surface area contributed by atoms with Crippen molar-refractivity contribution in [2.75, 3.05) is 0 Å². The van der Waals surface area contributed by atoms with Gasteiger partial charge in [-0.25, -0.2) is 0 Å². The summed E-state index contributed by atoms with van der Waals surface area (Å²) in [7, 11) is 0. The normalized spacial score (nSPS) is 35.1. The molecule has 0 amide bonds. The third-order valence-corrected chi connectivity index (χ3v) is 3.59. The van der Waals surface area contributed by atoms with Crippen molar-refractivity contribution < 1.29 is 9.90 Å². The van der Waals surface area contributed by atoms with Crippen molar-refractivity contribution in [3.8, 4) is 0 Å². The van der Waals surface area contributed by atoms with Gasteiger partial charge in [-0.1, -0.05) is 25.5 Å². The quantitative estimate of drug-likeness (QED) is 0.663. The van der Waals surface area contributed by atoms with Crippen LogP contribution in [-0.4, -0.2) is 11.1 Å². The van der Waals surface area contributed by atoms with Crippen molar-refractivity contribution in [1.82, 2.24) is 0 Å². The summed E-state index contributed by atoms with van der Waals surface area (Å²) >= 11 is 0. The van der Waals surface area contributed by atoms with Crippen LogP contribution in [0.4, 0.5) is 0 Å². The SMILES string of the molecule is CC1(C)[C@@H](C=C2CCC2)[C@@H]1C(=O)O. The number of carboxylic acids is 1. The molecule has 0 saturated heterocycles. The maximum absolute atomic E-state index is 10.8. The molecular formula is C11H16O2. The van der Waals surface area contributed by atoms with E-state index in [4.69, 9.17) is 5.11 Å². The Bertz CT molecular complexity index is 270. The monoisotopic (exact) mass is 180 g/mol. The Balaban J connectivity index is 2.06. The van der Waals surface area contributed by atoms with E-state index in [0.29, 0.717) is 5.92 Å². The molecular weight excluding hydrogens is 164 g/mol. The first-order valence-electron chi connectivity index (χ1n) is 4.96. The minimum atomic E-state index is -0.633. The van der Waals surface area contributed by atoms with E-state index in [-0.39, 0.29) is 11.3 Å². The Morgan fingerprint density at radius 1 is 1.54 bits per heavy atom. The van der Waals surface area contributed by atoms with Crippen LogP contribution in [0.25, 0.3) is 0 Å². The maximum atomic E-state index is 10.8. The van der Waals surface area contributed by atoms with Crippen LogP contribution in [0.3, 0.4) is 0 Å². The first kappa shape index (κ1) is 8.79. The third kappa shape index (κ3) is 1.28. The van der Waals surface area contributed by atoms with Gasteiger partial charge in [-0.3, -0.25) is 4.79 Å². The fraction of sp³-hybridized carbons (Fsp3) is 0.727. The first-order chi connectivity index (χ1) is 6.03. The molecule has 2 heteroatoms. The standard InChI is InChI=1S/C11H16O2/c1-11(2)8(9(11)10(12)13)6-7-4-3-5-7/h6,8-9H,3-5H2,1-2H3,(H,12,13)/t8-,9+/m0/s1. The number of carboxylic acid groups (broad SMARTS) is 1. The molecule has 0 bridgehead atoms. The lowest BCUT2D eigenvalue weighted by Gasteiger charge is -2.16. The van der Waals surface area contributed by atoms with Gasteiger partial charge in [0.05, 0.1) is 5.92 Å². The Morgan fingerprint density at radius 3 is 2.46 bits per heavy atom. The van der Waals surface area contributed by atoms with Crippen molar-refractivity contribution in [1.29, 1.82) is 0 Å². The van der Waals surface area contributed by atoms with E-state index in [1.165, 1.54) is 24.8 Å². The van der Waals surface area contributed by atoms with Crippen molar-refractivity contribution in [2.45, 2.75) is 33.1 Å². The molecule has 72 valence electrons. The molecule has 2 aliphatic carbocycles. The predicted molar refractivity (Wildman–Crippen MR) is 50.3 cm³/mol. The Morgan fingerprint density at radius 2 is 2.15 bits per heavy atom. The molecule has 2 fully saturated rings. The van der Waals surface area contributed by atoms with Gasteiger partial charge in [0.2, 0.25) is 0 Å². The molecule has 0 aliphatic heterocycles. The van der Waals surface area contributed by atoms with Crippen LogP contribution in [0.15, 0.2) is 11.6 Å². The number of rotatable bonds is 2. The molecule has 0 unspecified atom stereocenters. The zero-order valence-electron chi connectivity index (χ0n) is 8.21. The molecule has 0 aromatic carbocycles. The van der Waals surface area contributed by atoms with Gasteiger partial charge in [0, 0.05) is 0 Å². The fourth-order valence-corrected chi connectivity index (χ4v) is 2.26. The van der Waals surface area contributed by atoms with Gasteiger partial charge in [-0.15, -0.1) is 0 Å². The van der Waals surface area contributed by atoms with Gasteiger partial charge >= 0.3 is 5.97 Å². The van der Waals surface area contributed by atoms with E-state index >= 15 is 0 Å². The molecule has 0 aromatic heterocycles. The predicted octanol–water partition coefficient (Wildman–Crippen LogP) is 2.45. The summed E-state index contributed by atoms with van der Waals surface area (Å²) in [4.78, 5) is 10.8. The average Bonchev–Trinajstić information content (AvgIpc) is 2.44. The van der Waals surface area contributed by atoms with E-state index in [2.05, 4.69) is 6.08 Å². The van der Waals surface area contributed by atoms with Crippen LogP contribution < -0.4 is 0 Å². The van der Waals surface area contributed by atoms with Gasteiger partial charge in [-0.05, 0) is 30.6 Å². The summed E-state index contributed by atoms with van der Waals surface area (Å²) in [5, 5.41) is 8.93. The highest BCUT2D eigenvalue weighted by Gasteiger charge is 2.60. The minimum Gasteiger partial charge on any atom is -0.481 e. The summed E-state index contributed by atoms with van der Waals surface area (Å²) in [6.07, 6.45) is 5.89. The molecule has 2 nitrogen and oxygen atoms in total. The van der Waals surface area contributed by atoms with E-state index < -0.39 is 5.97 Å². The smallest absolute Gasteiger partial charge is 0.307 e. The second-order valence-electron chi connectivity index (χ2n) is 4.84. The topological polar surface area (TPSA) is 37.3 Å².